The molecule has 0 heterocycles. The first-order valence-electron chi connectivity index (χ1n) is 7.51. The first-order chi connectivity index (χ1) is 11.5. The second-order valence-electron chi connectivity index (χ2n) is 5.54. The van der Waals surface area contributed by atoms with Crippen molar-refractivity contribution >= 4 is 23.3 Å². The zero-order valence-electron chi connectivity index (χ0n) is 13.8. The molecule has 0 aliphatic carbocycles. The normalized spacial score (nSPS) is 10.1. The molecule has 0 saturated carbocycles. The number of amides is 1. The van der Waals surface area contributed by atoms with Crippen molar-refractivity contribution < 1.29 is 14.3 Å². The van der Waals surface area contributed by atoms with Gasteiger partial charge in [-0.3, -0.25) is 4.79 Å². The fraction of sp³-hybridized carbons (Fsp3) is 0.222. The Bertz CT molecular complexity index is 694. The molecule has 24 heavy (non-hydrogen) atoms. The molecule has 0 atom stereocenters. The number of nitrogens with zero attached hydrogens (tertiary/aromatic N) is 1. The Kier molecular flexibility index (Phi) is 5.78. The molecular formula is C18H21N3O3. The highest BCUT2D eigenvalue weighted by atomic mass is 16.5. The highest BCUT2D eigenvalue weighted by Crippen LogP contribution is 2.12. The lowest BCUT2D eigenvalue weighted by Gasteiger charge is -2.13. The largest absolute Gasteiger partial charge is 0.452 e. The number of hydrogen-bond acceptors (Lipinski definition) is 5. The van der Waals surface area contributed by atoms with E-state index in [2.05, 4.69) is 5.32 Å². The van der Waals surface area contributed by atoms with Crippen LogP contribution in [0.5, 0.6) is 0 Å². The third-order valence-electron chi connectivity index (χ3n) is 3.42. The number of esters is 1. The molecule has 0 fully saturated rings. The van der Waals surface area contributed by atoms with Gasteiger partial charge in [0, 0.05) is 32.0 Å². The van der Waals surface area contributed by atoms with Gasteiger partial charge in [-0.05, 0) is 42.0 Å². The van der Waals surface area contributed by atoms with Crippen LogP contribution >= 0.6 is 0 Å². The topological polar surface area (TPSA) is 84.7 Å². The molecule has 2 rings (SSSR count). The monoisotopic (exact) mass is 327 g/mol. The highest BCUT2D eigenvalue weighted by molar-refractivity contribution is 5.91. The Balaban J connectivity index is 1.77. The maximum atomic E-state index is 11.8. The Hall–Kier alpha value is -3.02. The van der Waals surface area contributed by atoms with Crippen LogP contribution in [0, 0.1) is 0 Å². The van der Waals surface area contributed by atoms with Crippen molar-refractivity contribution in [3.05, 3.63) is 59.7 Å². The van der Waals surface area contributed by atoms with Gasteiger partial charge in [-0.2, -0.15) is 0 Å². The van der Waals surface area contributed by atoms with Gasteiger partial charge < -0.3 is 20.7 Å². The van der Waals surface area contributed by atoms with Crippen molar-refractivity contribution in [1.82, 2.24) is 5.32 Å². The zero-order chi connectivity index (χ0) is 17.5. The quantitative estimate of drug-likeness (QED) is 0.624. The van der Waals surface area contributed by atoms with Gasteiger partial charge in [-0.1, -0.05) is 12.1 Å². The molecular weight excluding hydrogens is 306 g/mol. The van der Waals surface area contributed by atoms with Crippen molar-refractivity contribution in [1.29, 1.82) is 0 Å². The summed E-state index contributed by atoms with van der Waals surface area (Å²) < 4.78 is 4.97. The van der Waals surface area contributed by atoms with Crippen LogP contribution in [0.1, 0.15) is 15.9 Å². The van der Waals surface area contributed by atoms with Gasteiger partial charge in [-0.15, -0.1) is 0 Å². The maximum Gasteiger partial charge on any atom is 0.338 e. The van der Waals surface area contributed by atoms with Crippen LogP contribution in [-0.2, 0) is 16.1 Å². The lowest BCUT2D eigenvalue weighted by atomic mass is 10.2. The number of nitrogen functional groups attached to an aromatic ring is 1. The molecule has 0 spiro atoms. The van der Waals surface area contributed by atoms with Gasteiger partial charge in [0.05, 0.1) is 5.56 Å². The summed E-state index contributed by atoms with van der Waals surface area (Å²) in [6.07, 6.45) is 0. The van der Waals surface area contributed by atoms with Crippen molar-refractivity contribution in [3.63, 3.8) is 0 Å². The number of anilines is 2. The smallest absolute Gasteiger partial charge is 0.338 e. The lowest BCUT2D eigenvalue weighted by Crippen LogP contribution is -2.28. The van der Waals surface area contributed by atoms with E-state index in [1.54, 1.807) is 24.3 Å². The first kappa shape index (κ1) is 17.3. The van der Waals surface area contributed by atoms with Gasteiger partial charge in [0.1, 0.15) is 0 Å². The molecule has 0 aliphatic heterocycles. The molecule has 0 aromatic heterocycles. The van der Waals surface area contributed by atoms with E-state index in [4.69, 9.17) is 10.5 Å². The third kappa shape index (κ3) is 5.01. The van der Waals surface area contributed by atoms with Crippen LogP contribution in [0.25, 0.3) is 0 Å². The number of nitrogens with one attached hydrogen (secondary N) is 1. The Labute approximate surface area is 141 Å². The van der Waals surface area contributed by atoms with E-state index < -0.39 is 5.97 Å². The summed E-state index contributed by atoms with van der Waals surface area (Å²) in [5, 5.41) is 2.71. The Morgan fingerprint density at radius 1 is 1.04 bits per heavy atom. The molecule has 6 heteroatoms. The minimum atomic E-state index is -0.555. The van der Waals surface area contributed by atoms with Gasteiger partial charge in [-0.25, -0.2) is 4.79 Å². The second-order valence-corrected chi connectivity index (χ2v) is 5.54. The predicted molar refractivity (Wildman–Crippen MR) is 93.8 cm³/mol. The number of benzene rings is 2. The van der Waals surface area contributed by atoms with E-state index in [9.17, 15) is 9.59 Å². The van der Waals surface area contributed by atoms with E-state index in [0.29, 0.717) is 17.8 Å². The molecule has 0 radical (unpaired) electrons. The lowest BCUT2D eigenvalue weighted by molar-refractivity contribution is -0.124. The fourth-order valence-corrected chi connectivity index (χ4v) is 2.00. The van der Waals surface area contributed by atoms with Gasteiger partial charge in [0.25, 0.3) is 5.91 Å². The average Bonchev–Trinajstić information content (AvgIpc) is 2.58. The summed E-state index contributed by atoms with van der Waals surface area (Å²) in [6.45, 7) is 0.0605. The summed E-state index contributed by atoms with van der Waals surface area (Å²) >= 11 is 0. The molecule has 0 aliphatic rings. The number of carbonyl (C=O) groups is 2. The van der Waals surface area contributed by atoms with Crippen molar-refractivity contribution in [3.8, 4) is 0 Å². The van der Waals surface area contributed by atoms with Gasteiger partial charge in [0.15, 0.2) is 6.61 Å². The third-order valence-corrected chi connectivity index (χ3v) is 3.42. The fourth-order valence-electron chi connectivity index (χ4n) is 2.00. The summed E-state index contributed by atoms with van der Waals surface area (Å²) in [7, 11) is 3.93. The molecule has 0 bridgehead atoms. The molecule has 0 saturated heterocycles. The van der Waals surface area contributed by atoms with E-state index in [0.717, 1.165) is 11.3 Å². The standard InChI is InChI=1S/C18H21N3O3/c1-21(2)16-9-3-13(4-10-16)11-20-17(22)12-24-18(23)14-5-7-15(19)8-6-14/h3-10H,11-12,19H2,1-2H3,(H,20,22). The molecule has 0 unspecified atom stereocenters. The summed E-state index contributed by atoms with van der Waals surface area (Å²) in [6, 6.07) is 14.2. The number of carbonyl (C=O) groups excluding carboxylic acids is 2. The molecule has 3 N–H and O–H groups in total. The van der Waals surface area contributed by atoms with E-state index in [1.165, 1.54) is 0 Å². The van der Waals surface area contributed by atoms with Crippen molar-refractivity contribution in [2.45, 2.75) is 6.54 Å². The number of ether oxygens (including phenoxy) is 1. The molecule has 126 valence electrons. The number of nitrogens with two attached hydrogens (primary N) is 1. The van der Waals surface area contributed by atoms with Crippen molar-refractivity contribution in [2.75, 3.05) is 31.3 Å². The van der Waals surface area contributed by atoms with Crippen molar-refractivity contribution in [2.24, 2.45) is 0 Å². The molecule has 2 aromatic rings. The maximum absolute atomic E-state index is 11.8. The van der Waals surface area contributed by atoms with Crippen LogP contribution in [0.2, 0.25) is 0 Å². The summed E-state index contributed by atoms with van der Waals surface area (Å²) in [5.41, 5.74) is 8.52. The highest BCUT2D eigenvalue weighted by Gasteiger charge is 2.09. The van der Waals surface area contributed by atoms with E-state index in [-0.39, 0.29) is 12.5 Å². The zero-order valence-corrected chi connectivity index (χ0v) is 13.8. The number of hydrogen-bond donors (Lipinski definition) is 2. The van der Waals surface area contributed by atoms with Crippen LogP contribution in [0.3, 0.4) is 0 Å². The molecule has 2 aromatic carbocycles. The van der Waals surface area contributed by atoms with Crippen LogP contribution in [-0.4, -0.2) is 32.6 Å². The Morgan fingerprint density at radius 2 is 1.67 bits per heavy atom. The average molecular weight is 327 g/mol. The summed E-state index contributed by atoms with van der Waals surface area (Å²) in [4.78, 5) is 25.6. The number of rotatable bonds is 6. The summed E-state index contributed by atoms with van der Waals surface area (Å²) in [5.74, 6) is -0.907. The van der Waals surface area contributed by atoms with Gasteiger partial charge in [0.2, 0.25) is 0 Å². The van der Waals surface area contributed by atoms with E-state index >= 15 is 0 Å². The predicted octanol–water partition coefficient (Wildman–Crippen LogP) is 1.81. The second kappa shape index (κ2) is 8.01. The van der Waals surface area contributed by atoms with Crippen LogP contribution < -0.4 is 16.0 Å². The molecule has 6 nitrogen and oxygen atoms in total. The SMILES string of the molecule is CN(C)c1ccc(CNC(=O)COC(=O)c2ccc(N)cc2)cc1. The minimum absolute atomic E-state index is 0.320. The minimum Gasteiger partial charge on any atom is -0.452 e. The molecule has 1 amide bonds. The van der Waals surface area contributed by atoms with Gasteiger partial charge >= 0.3 is 5.97 Å². The van der Waals surface area contributed by atoms with Crippen LogP contribution in [0.15, 0.2) is 48.5 Å². The Morgan fingerprint density at radius 3 is 2.25 bits per heavy atom. The first-order valence-corrected chi connectivity index (χ1v) is 7.51. The van der Waals surface area contributed by atoms with Crippen LogP contribution in [0.4, 0.5) is 11.4 Å². The van der Waals surface area contributed by atoms with E-state index in [1.807, 2.05) is 43.3 Å².